The SMILES string of the molecule is [Ca].[K].[Mg].[P].[Si]. The van der Waals surface area contributed by atoms with Gasteiger partial charge in [0.1, 0.15) is 0 Å². The predicted octanol–water partition coefficient (Wildman–Crippen LogP) is -0.662. The summed E-state index contributed by atoms with van der Waals surface area (Å²) in [6, 6.07) is 0. The maximum absolute atomic E-state index is 0. The average molecular weight is 163 g/mol. The average Bonchev–Trinajstić information content (AvgIpc) is 0. The van der Waals surface area contributed by atoms with Crippen molar-refractivity contribution in [3.63, 3.8) is 0 Å². The van der Waals surface area contributed by atoms with Gasteiger partial charge in [0.2, 0.25) is 0 Å². The molecular weight excluding hydrogens is 163 g/mol. The van der Waals surface area contributed by atoms with Crippen molar-refractivity contribution in [1.82, 2.24) is 0 Å². The molecule has 0 fully saturated rings. The van der Waals surface area contributed by atoms with E-state index >= 15 is 0 Å². The number of rotatable bonds is 0. The molecule has 0 amide bonds. The van der Waals surface area contributed by atoms with Gasteiger partial charge in [-0.2, -0.15) is 0 Å². The van der Waals surface area contributed by atoms with Crippen molar-refractivity contribution >= 4 is 133 Å². The molecule has 0 aromatic carbocycles. The molecule has 0 atom stereocenters. The summed E-state index contributed by atoms with van der Waals surface area (Å²) in [7, 11) is 0. The fourth-order valence-corrected chi connectivity index (χ4v) is 0. The minimum atomic E-state index is 0. The van der Waals surface area contributed by atoms with Crippen molar-refractivity contribution in [1.29, 1.82) is 0 Å². The number of hydrogen-bond donors (Lipinski definition) is 0. The van der Waals surface area contributed by atoms with Crippen LogP contribution in [0.4, 0.5) is 0 Å². The van der Waals surface area contributed by atoms with Crippen molar-refractivity contribution in [2.45, 2.75) is 0 Å². The van der Waals surface area contributed by atoms with Gasteiger partial charge in [0, 0.05) is 133 Å². The minimum Gasteiger partial charge on any atom is 0 e. The Morgan fingerprint density at radius 3 is 1.00 bits per heavy atom. The van der Waals surface area contributed by atoms with Crippen molar-refractivity contribution in [3.05, 3.63) is 0 Å². The van der Waals surface area contributed by atoms with Gasteiger partial charge in [-0.3, -0.25) is 0 Å². The van der Waals surface area contributed by atoms with Crippen molar-refractivity contribution in [2.24, 2.45) is 0 Å². The van der Waals surface area contributed by atoms with Gasteiger partial charge in [-0.15, -0.1) is 0 Å². The van der Waals surface area contributed by atoms with E-state index in [1.807, 2.05) is 0 Å². The maximum Gasteiger partial charge on any atom is 0 e. The van der Waals surface area contributed by atoms with Crippen molar-refractivity contribution in [3.8, 4) is 0 Å². The summed E-state index contributed by atoms with van der Waals surface area (Å²) in [6.07, 6.45) is 0. The first kappa shape index (κ1) is 34.6. The molecule has 0 aromatic heterocycles. The smallest absolute Gasteiger partial charge is 0 e. The Kier molecular flexibility index (Phi) is 165. The van der Waals surface area contributed by atoms with E-state index < -0.39 is 0 Å². The molecule has 0 unspecified atom stereocenters. The van der Waals surface area contributed by atoms with E-state index in [-0.39, 0.29) is 133 Å². The van der Waals surface area contributed by atoms with Gasteiger partial charge in [-0.1, -0.05) is 0 Å². The van der Waals surface area contributed by atoms with Crippen LogP contribution in [0.3, 0.4) is 0 Å². The van der Waals surface area contributed by atoms with E-state index in [0.717, 1.165) is 0 Å². The van der Waals surface area contributed by atoms with E-state index in [9.17, 15) is 0 Å². The normalized spacial score (nSPS) is 0. The zero-order chi connectivity index (χ0) is 0. The first-order chi connectivity index (χ1) is 0. The molecule has 0 aromatic rings. The van der Waals surface area contributed by atoms with Gasteiger partial charge in [-0.25, -0.2) is 0 Å². The van der Waals surface area contributed by atoms with E-state index in [2.05, 4.69) is 0 Å². The largest absolute Gasteiger partial charge is 0 e. The monoisotopic (exact) mass is 162 g/mol. The zero-order valence-electron chi connectivity index (χ0n) is 3.36. The molecule has 5 heavy (non-hydrogen) atoms. The molecule has 0 nitrogen and oxygen atoms in total. The van der Waals surface area contributed by atoms with E-state index in [4.69, 9.17) is 0 Å². The van der Waals surface area contributed by atoms with E-state index in [1.54, 1.807) is 0 Å². The Balaban J connectivity index is 0. The Bertz CT molecular complexity index is 11.6. The fourth-order valence-electron chi connectivity index (χ4n) is 0. The van der Waals surface area contributed by atoms with Gasteiger partial charge in [0.05, 0.1) is 0 Å². The van der Waals surface area contributed by atoms with Crippen LogP contribution in [0.5, 0.6) is 0 Å². The fraction of sp³-hybridized carbons (Fsp3) is 0. The van der Waals surface area contributed by atoms with Crippen LogP contribution in [0.15, 0.2) is 0 Å². The third kappa shape index (κ3) is 17.8. The Labute approximate surface area is 129 Å². The molecule has 0 heterocycles. The van der Waals surface area contributed by atoms with Gasteiger partial charge in [0.25, 0.3) is 0 Å². The summed E-state index contributed by atoms with van der Waals surface area (Å²) in [5.74, 6) is 0. The summed E-state index contributed by atoms with van der Waals surface area (Å²) in [5.41, 5.74) is 0. The molecule has 5 heteroatoms. The molecule has 0 rings (SSSR count). The summed E-state index contributed by atoms with van der Waals surface area (Å²) in [4.78, 5) is 0. The van der Waals surface area contributed by atoms with Crippen LogP contribution < -0.4 is 0 Å². The standard InChI is InChI=1S/Ca.K.Mg.P.Si. The topological polar surface area (TPSA) is 0 Å². The molecule has 0 aliphatic carbocycles. The van der Waals surface area contributed by atoms with Gasteiger partial charge in [0.15, 0.2) is 0 Å². The summed E-state index contributed by atoms with van der Waals surface area (Å²) >= 11 is 0. The molecule has 0 aliphatic rings. The molecule has 12 radical (unpaired) electrons. The first-order valence-corrected chi connectivity index (χ1v) is 0. The van der Waals surface area contributed by atoms with Crippen LogP contribution in [0, 0.1) is 0 Å². The molecule has 0 aliphatic heterocycles. The van der Waals surface area contributed by atoms with E-state index in [0.29, 0.717) is 0 Å². The van der Waals surface area contributed by atoms with Crippen LogP contribution >= 0.6 is 9.90 Å². The molecule has 0 bridgehead atoms. The molecule has 0 saturated carbocycles. The van der Waals surface area contributed by atoms with Crippen LogP contribution in [-0.4, -0.2) is 123 Å². The summed E-state index contributed by atoms with van der Waals surface area (Å²) < 4.78 is 0. The minimum absolute atomic E-state index is 0. The molecule has 14 valence electrons. The van der Waals surface area contributed by atoms with Gasteiger partial charge < -0.3 is 0 Å². The molecular formula is CaKMgPSi. The quantitative estimate of drug-likeness (QED) is 0.328. The second-order valence-electron chi connectivity index (χ2n) is 0. The second kappa shape index (κ2) is 23.9. The Morgan fingerprint density at radius 2 is 1.00 bits per heavy atom. The summed E-state index contributed by atoms with van der Waals surface area (Å²) in [5, 5.41) is 0. The molecule has 0 spiro atoms. The third-order valence-electron chi connectivity index (χ3n) is 0. The van der Waals surface area contributed by atoms with Crippen LogP contribution in [0.25, 0.3) is 0 Å². The first-order valence-electron chi connectivity index (χ1n) is 0. The second-order valence-corrected chi connectivity index (χ2v) is 0. The van der Waals surface area contributed by atoms with Crippen molar-refractivity contribution < 1.29 is 0 Å². The van der Waals surface area contributed by atoms with Crippen LogP contribution in [-0.2, 0) is 0 Å². The zero-order valence-corrected chi connectivity index (χ0v) is 12.0. The van der Waals surface area contributed by atoms with Gasteiger partial charge >= 0.3 is 0 Å². The van der Waals surface area contributed by atoms with Crippen LogP contribution in [0.1, 0.15) is 0 Å². The van der Waals surface area contributed by atoms with E-state index in [1.165, 1.54) is 0 Å². The van der Waals surface area contributed by atoms with Crippen LogP contribution in [0.2, 0.25) is 0 Å². The molecule has 0 saturated heterocycles. The third-order valence-corrected chi connectivity index (χ3v) is 0. The number of hydrogen-bond acceptors (Lipinski definition) is 0. The summed E-state index contributed by atoms with van der Waals surface area (Å²) in [6.45, 7) is 0. The van der Waals surface area contributed by atoms with Gasteiger partial charge in [-0.05, 0) is 0 Å². The Hall–Kier alpha value is 4.31. The maximum atomic E-state index is 0. The van der Waals surface area contributed by atoms with Crippen molar-refractivity contribution in [2.75, 3.05) is 0 Å². The molecule has 0 N–H and O–H groups in total. The predicted molar refractivity (Wildman–Crippen MR) is 29.9 cm³/mol. The Morgan fingerprint density at radius 1 is 1.00 bits per heavy atom.